The van der Waals surface area contributed by atoms with Crippen molar-refractivity contribution in [2.45, 2.75) is 71.0 Å². The zero-order valence-electron chi connectivity index (χ0n) is 13.8. The van der Waals surface area contributed by atoms with Gasteiger partial charge in [-0.2, -0.15) is 0 Å². The van der Waals surface area contributed by atoms with Gasteiger partial charge in [0.25, 0.3) is 0 Å². The van der Waals surface area contributed by atoms with E-state index in [4.69, 9.17) is 5.73 Å². The van der Waals surface area contributed by atoms with Gasteiger partial charge in [-0.1, -0.05) is 6.92 Å². The van der Waals surface area contributed by atoms with Crippen LogP contribution in [0.4, 0.5) is 0 Å². The second-order valence-electron chi connectivity index (χ2n) is 6.92. The standard InChI is InChI=1S/C16H31N3O.ClH/c1-12-7-8-18(15(9-12)10-17)11-16(20)19-13(2)5-4-6-14(19)3;/h12-15H,4-11,17H2,1-3H3;1H. The van der Waals surface area contributed by atoms with Gasteiger partial charge in [-0.25, -0.2) is 0 Å². The van der Waals surface area contributed by atoms with E-state index in [9.17, 15) is 4.79 Å². The van der Waals surface area contributed by atoms with Crippen LogP contribution in [-0.2, 0) is 4.79 Å². The van der Waals surface area contributed by atoms with E-state index in [2.05, 4.69) is 30.6 Å². The number of rotatable bonds is 3. The number of carbonyl (C=O) groups is 1. The molecule has 2 fully saturated rings. The first kappa shape index (κ1) is 18.7. The summed E-state index contributed by atoms with van der Waals surface area (Å²) in [6.45, 7) is 8.91. The molecule has 0 saturated carbocycles. The predicted molar refractivity (Wildman–Crippen MR) is 89.7 cm³/mol. The molecule has 2 heterocycles. The van der Waals surface area contributed by atoms with Crippen LogP contribution in [0, 0.1) is 5.92 Å². The predicted octanol–water partition coefficient (Wildman–Crippen LogP) is 2.26. The maximum absolute atomic E-state index is 12.7. The summed E-state index contributed by atoms with van der Waals surface area (Å²) in [6.07, 6.45) is 5.86. The lowest BCUT2D eigenvalue weighted by molar-refractivity contribution is -0.139. The average Bonchev–Trinajstić information content (AvgIpc) is 2.40. The van der Waals surface area contributed by atoms with E-state index in [1.807, 2.05) is 0 Å². The minimum atomic E-state index is 0. The summed E-state index contributed by atoms with van der Waals surface area (Å²) in [7, 11) is 0. The van der Waals surface area contributed by atoms with E-state index in [1.54, 1.807) is 0 Å². The van der Waals surface area contributed by atoms with Gasteiger partial charge < -0.3 is 10.6 Å². The Morgan fingerprint density at radius 3 is 2.33 bits per heavy atom. The summed E-state index contributed by atoms with van der Waals surface area (Å²) in [6, 6.07) is 1.18. The number of piperidine rings is 2. The Kier molecular flexibility index (Phi) is 7.45. The summed E-state index contributed by atoms with van der Waals surface area (Å²) in [5, 5.41) is 0. The molecule has 1 amide bonds. The number of carbonyl (C=O) groups excluding carboxylic acids is 1. The molecule has 124 valence electrons. The second-order valence-corrected chi connectivity index (χ2v) is 6.92. The quantitative estimate of drug-likeness (QED) is 0.868. The fourth-order valence-electron chi connectivity index (χ4n) is 3.92. The Bertz CT molecular complexity index is 329. The summed E-state index contributed by atoms with van der Waals surface area (Å²) in [5.41, 5.74) is 5.90. The lowest BCUT2D eigenvalue weighted by Crippen LogP contribution is -2.54. The molecule has 0 aromatic rings. The molecule has 0 radical (unpaired) electrons. The number of likely N-dealkylation sites (tertiary alicyclic amines) is 2. The SMILES string of the molecule is CC1CCN(CC(=O)N2C(C)CCCC2C)C(CN)C1.Cl. The number of hydrogen-bond donors (Lipinski definition) is 1. The molecule has 2 aliphatic rings. The third kappa shape index (κ3) is 4.57. The van der Waals surface area contributed by atoms with Crippen LogP contribution in [0.3, 0.4) is 0 Å². The van der Waals surface area contributed by atoms with Crippen LogP contribution >= 0.6 is 12.4 Å². The second kappa shape index (κ2) is 8.35. The number of amides is 1. The molecule has 0 aliphatic carbocycles. The Balaban J connectivity index is 0.00000220. The molecule has 0 aromatic carbocycles. The highest BCUT2D eigenvalue weighted by Gasteiger charge is 2.32. The van der Waals surface area contributed by atoms with Crippen LogP contribution in [0.15, 0.2) is 0 Å². The van der Waals surface area contributed by atoms with Crippen molar-refractivity contribution < 1.29 is 4.79 Å². The van der Waals surface area contributed by atoms with Gasteiger partial charge in [-0.3, -0.25) is 9.69 Å². The molecular formula is C16H32ClN3O. The number of nitrogens with two attached hydrogens (primary N) is 1. The molecular weight excluding hydrogens is 286 g/mol. The lowest BCUT2D eigenvalue weighted by atomic mass is 9.92. The van der Waals surface area contributed by atoms with Crippen LogP contribution < -0.4 is 5.73 Å². The fourth-order valence-corrected chi connectivity index (χ4v) is 3.92. The highest BCUT2D eigenvalue weighted by Crippen LogP contribution is 2.25. The van der Waals surface area contributed by atoms with Gasteiger partial charge in [-0.05, 0) is 58.4 Å². The first-order valence-corrected chi connectivity index (χ1v) is 8.28. The smallest absolute Gasteiger partial charge is 0.237 e. The molecule has 0 aromatic heterocycles. The van der Waals surface area contributed by atoms with Crippen molar-refractivity contribution >= 4 is 18.3 Å². The molecule has 4 unspecified atom stereocenters. The number of hydrogen-bond acceptors (Lipinski definition) is 3. The van der Waals surface area contributed by atoms with Crippen LogP contribution in [-0.4, -0.2) is 53.5 Å². The van der Waals surface area contributed by atoms with Crippen molar-refractivity contribution in [1.82, 2.24) is 9.80 Å². The van der Waals surface area contributed by atoms with E-state index in [0.717, 1.165) is 31.7 Å². The van der Waals surface area contributed by atoms with E-state index in [-0.39, 0.29) is 12.4 Å². The van der Waals surface area contributed by atoms with Crippen molar-refractivity contribution in [3.05, 3.63) is 0 Å². The minimum Gasteiger partial charge on any atom is -0.336 e. The van der Waals surface area contributed by atoms with Crippen molar-refractivity contribution in [1.29, 1.82) is 0 Å². The van der Waals surface area contributed by atoms with Crippen molar-refractivity contribution in [3.8, 4) is 0 Å². The zero-order chi connectivity index (χ0) is 14.7. The van der Waals surface area contributed by atoms with Gasteiger partial charge >= 0.3 is 0 Å². The molecule has 5 heteroatoms. The molecule has 0 bridgehead atoms. The monoisotopic (exact) mass is 317 g/mol. The Labute approximate surface area is 135 Å². The minimum absolute atomic E-state index is 0. The third-order valence-corrected chi connectivity index (χ3v) is 5.19. The van der Waals surface area contributed by atoms with Crippen molar-refractivity contribution in [2.75, 3.05) is 19.6 Å². The molecule has 21 heavy (non-hydrogen) atoms. The largest absolute Gasteiger partial charge is 0.336 e. The molecule has 4 atom stereocenters. The maximum atomic E-state index is 12.7. The van der Waals surface area contributed by atoms with Gasteiger partial charge in [0.15, 0.2) is 0 Å². The average molecular weight is 318 g/mol. The van der Waals surface area contributed by atoms with Gasteiger partial charge in [-0.15, -0.1) is 12.4 Å². The summed E-state index contributed by atoms with van der Waals surface area (Å²) < 4.78 is 0. The Hall–Kier alpha value is -0.320. The van der Waals surface area contributed by atoms with Crippen LogP contribution in [0.25, 0.3) is 0 Å². The van der Waals surface area contributed by atoms with E-state index < -0.39 is 0 Å². The first-order valence-electron chi connectivity index (χ1n) is 8.28. The van der Waals surface area contributed by atoms with Gasteiger partial charge in [0.2, 0.25) is 5.91 Å². The Morgan fingerprint density at radius 2 is 1.76 bits per heavy atom. The topological polar surface area (TPSA) is 49.6 Å². The fraction of sp³-hybridized carbons (Fsp3) is 0.938. The van der Waals surface area contributed by atoms with Crippen LogP contribution in [0.5, 0.6) is 0 Å². The summed E-state index contributed by atoms with van der Waals surface area (Å²) in [4.78, 5) is 17.1. The van der Waals surface area contributed by atoms with Crippen LogP contribution in [0.1, 0.15) is 52.9 Å². The first-order chi connectivity index (χ1) is 9.52. The van der Waals surface area contributed by atoms with Gasteiger partial charge in [0, 0.05) is 24.7 Å². The van der Waals surface area contributed by atoms with Crippen molar-refractivity contribution in [3.63, 3.8) is 0 Å². The van der Waals surface area contributed by atoms with E-state index in [1.165, 1.54) is 12.8 Å². The molecule has 4 nitrogen and oxygen atoms in total. The highest BCUT2D eigenvalue weighted by atomic mass is 35.5. The van der Waals surface area contributed by atoms with Gasteiger partial charge in [0.1, 0.15) is 0 Å². The summed E-state index contributed by atoms with van der Waals surface area (Å²) in [5.74, 6) is 1.04. The van der Waals surface area contributed by atoms with E-state index >= 15 is 0 Å². The molecule has 2 N–H and O–H groups in total. The zero-order valence-corrected chi connectivity index (χ0v) is 14.6. The van der Waals surface area contributed by atoms with Crippen molar-refractivity contribution in [2.24, 2.45) is 11.7 Å². The Morgan fingerprint density at radius 1 is 1.14 bits per heavy atom. The molecule has 0 spiro atoms. The normalized spacial score (nSPS) is 34.4. The maximum Gasteiger partial charge on any atom is 0.237 e. The molecule has 2 aliphatic heterocycles. The lowest BCUT2D eigenvalue weighted by Gasteiger charge is -2.42. The highest BCUT2D eigenvalue weighted by molar-refractivity contribution is 5.85. The molecule has 2 rings (SSSR count). The molecule has 2 saturated heterocycles. The summed E-state index contributed by atoms with van der Waals surface area (Å²) >= 11 is 0. The van der Waals surface area contributed by atoms with Gasteiger partial charge in [0.05, 0.1) is 6.54 Å². The van der Waals surface area contributed by atoms with Crippen LogP contribution in [0.2, 0.25) is 0 Å². The third-order valence-electron chi connectivity index (χ3n) is 5.19. The van der Waals surface area contributed by atoms with E-state index in [0.29, 0.717) is 37.1 Å². The number of nitrogens with zero attached hydrogens (tertiary/aromatic N) is 2. The number of halogens is 1.